The number of rotatable bonds is 4. The summed E-state index contributed by atoms with van der Waals surface area (Å²) in [6.45, 7) is 4.30. The van der Waals surface area contributed by atoms with Crippen molar-refractivity contribution in [2.45, 2.75) is 31.5 Å². The molecule has 1 aromatic rings. The largest absolute Gasteiger partial charge is 0.207 e. The van der Waals surface area contributed by atoms with Gasteiger partial charge in [-0.3, -0.25) is 0 Å². The van der Waals surface area contributed by atoms with Crippen LogP contribution in [0.15, 0.2) is 18.2 Å². The lowest BCUT2D eigenvalue weighted by Crippen LogP contribution is -2.08. The molecule has 0 N–H and O–H groups in total. The summed E-state index contributed by atoms with van der Waals surface area (Å²) in [6.07, 6.45) is 1.69. The summed E-state index contributed by atoms with van der Waals surface area (Å²) in [5.74, 6) is 0.367. The minimum Gasteiger partial charge on any atom is -0.207 e. The number of hydrogen-bond donors (Lipinski definition) is 0. The third-order valence-electron chi connectivity index (χ3n) is 2.43. The van der Waals surface area contributed by atoms with E-state index in [1.54, 1.807) is 12.1 Å². The monoisotopic (exact) mass is 292 g/mol. The number of halogens is 3. The molecule has 0 aliphatic heterocycles. The van der Waals surface area contributed by atoms with Crippen LogP contribution in [-0.4, -0.2) is 4.83 Å². The van der Waals surface area contributed by atoms with Crippen LogP contribution in [0.25, 0.3) is 0 Å². The molecule has 1 rings (SSSR count). The standard InChI is InChI=1S/C12H15BrClF/c1-8(2)11(13)6-4-9-3-5-10(14)7-12(9)15/h3,5,7-8,11H,4,6H2,1-2H3. The molecule has 0 aliphatic rings. The molecule has 0 aromatic heterocycles. The van der Waals surface area contributed by atoms with Gasteiger partial charge in [0.05, 0.1) is 0 Å². The predicted molar refractivity (Wildman–Crippen MR) is 67.3 cm³/mol. The molecule has 0 heterocycles. The summed E-state index contributed by atoms with van der Waals surface area (Å²) in [6, 6.07) is 4.87. The first-order valence-corrected chi connectivity index (χ1v) is 6.38. The van der Waals surface area contributed by atoms with Crippen molar-refractivity contribution in [1.82, 2.24) is 0 Å². The normalized spacial score (nSPS) is 13.2. The minimum absolute atomic E-state index is 0.203. The Balaban J connectivity index is 2.58. The molecule has 0 amide bonds. The highest BCUT2D eigenvalue weighted by atomic mass is 79.9. The Morgan fingerprint density at radius 3 is 2.60 bits per heavy atom. The van der Waals surface area contributed by atoms with Gasteiger partial charge in [0.25, 0.3) is 0 Å². The molecule has 84 valence electrons. The van der Waals surface area contributed by atoms with Crippen LogP contribution in [0.2, 0.25) is 5.02 Å². The zero-order chi connectivity index (χ0) is 11.4. The van der Waals surface area contributed by atoms with E-state index >= 15 is 0 Å². The summed E-state index contributed by atoms with van der Waals surface area (Å²) in [5.41, 5.74) is 0.740. The molecule has 0 fully saturated rings. The molecule has 1 unspecified atom stereocenters. The van der Waals surface area contributed by atoms with Crippen molar-refractivity contribution in [2.24, 2.45) is 5.92 Å². The van der Waals surface area contributed by atoms with Crippen molar-refractivity contribution in [3.8, 4) is 0 Å². The maximum atomic E-state index is 13.4. The molecule has 0 bridgehead atoms. The van der Waals surface area contributed by atoms with E-state index in [1.165, 1.54) is 6.07 Å². The van der Waals surface area contributed by atoms with Crippen LogP contribution in [0.1, 0.15) is 25.8 Å². The lowest BCUT2D eigenvalue weighted by Gasteiger charge is -2.13. The van der Waals surface area contributed by atoms with Gasteiger partial charge < -0.3 is 0 Å². The van der Waals surface area contributed by atoms with E-state index in [0.29, 0.717) is 15.8 Å². The highest BCUT2D eigenvalue weighted by Gasteiger charge is 2.10. The molecular weight excluding hydrogens is 278 g/mol. The highest BCUT2D eigenvalue weighted by molar-refractivity contribution is 9.09. The fraction of sp³-hybridized carbons (Fsp3) is 0.500. The molecule has 0 spiro atoms. The second kappa shape index (κ2) is 5.86. The van der Waals surface area contributed by atoms with Crippen LogP contribution < -0.4 is 0 Å². The number of alkyl halides is 1. The van der Waals surface area contributed by atoms with Crippen LogP contribution in [0.3, 0.4) is 0 Å². The van der Waals surface area contributed by atoms with Gasteiger partial charge in [0.15, 0.2) is 0 Å². The van der Waals surface area contributed by atoms with Gasteiger partial charge in [-0.1, -0.05) is 47.4 Å². The van der Waals surface area contributed by atoms with Crippen LogP contribution in [0, 0.1) is 11.7 Å². The zero-order valence-electron chi connectivity index (χ0n) is 8.93. The van der Waals surface area contributed by atoms with E-state index in [2.05, 4.69) is 29.8 Å². The van der Waals surface area contributed by atoms with Gasteiger partial charge >= 0.3 is 0 Å². The zero-order valence-corrected chi connectivity index (χ0v) is 11.3. The highest BCUT2D eigenvalue weighted by Crippen LogP contribution is 2.21. The van der Waals surface area contributed by atoms with E-state index in [0.717, 1.165) is 18.4 Å². The smallest absolute Gasteiger partial charge is 0.127 e. The van der Waals surface area contributed by atoms with Crippen LogP contribution in [-0.2, 0) is 6.42 Å². The third kappa shape index (κ3) is 4.12. The van der Waals surface area contributed by atoms with E-state index in [-0.39, 0.29) is 5.82 Å². The molecule has 1 aromatic carbocycles. The van der Waals surface area contributed by atoms with Crippen molar-refractivity contribution in [1.29, 1.82) is 0 Å². The van der Waals surface area contributed by atoms with Gasteiger partial charge in [0, 0.05) is 9.85 Å². The Labute approximate surface area is 104 Å². The molecule has 0 aliphatic carbocycles. The minimum atomic E-state index is -0.203. The maximum Gasteiger partial charge on any atom is 0.127 e. The van der Waals surface area contributed by atoms with Crippen molar-refractivity contribution in [3.05, 3.63) is 34.6 Å². The van der Waals surface area contributed by atoms with Crippen LogP contribution >= 0.6 is 27.5 Å². The molecule has 15 heavy (non-hydrogen) atoms. The summed E-state index contributed by atoms with van der Waals surface area (Å²) >= 11 is 9.27. The van der Waals surface area contributed by atoms with Gasteiger partial charge in [0.1, 0.15) is 5.82 Å². The van der Waals surface area contributed by atoms with E-state index in [1.807, 2.05) is 0 Å². The van der Waals surface area contributed by atoms with Crippen LogP contribution in [0.5, 0.6) is 0 Å². The SMILES string of the molecule is CC(C)C(Br)CCc1ccc(Cl)cc1F. The number of hydrogen-bond acceptors (Lipinski definition) is 0. The fourth-order valence-corrected chi connectivity index (χ4v) is 1.74. The first-order valence-electron chi connectivity index (χ1n) is 5.08. The first kappa shape index (κ1) is 13.0. The quantitative estimate of drug-likeness (QED) is 0.697. The Bertz CT molecular complexity index is 325. The van der Waals surface area contributed by atoms with Gasteiger partial charge in [0.2, 0.25) is 0 Å². The Morgan fingerprint density at radius 2 is 2.07 bits per heavy atom. The number of aryl methyl sites for hydroxylation is 1. The van der Waals surface area contributed by atoms with Gasteiger partial charge in [-0.05, 0) is 36.5 Å². The van der Waals surface area contributed by atoms with E-state index < -0.39 is 0 Å². The number of benzene rings is 1. The third-order valence-corrected chi connectivity index (χ3v) is 4.18. The summed E-state index contributed by atoms with van der Waals surface area (Å²) in [5, 5.41) is 0.454. The van der Waals surface area contributed by atoms with Crippen molar-refractivity contribution < 1.29 is 4.39 Å². The first-order chi connectivity index (χ1) is 7.00. The van der Waals surface area contributed by atoms with Crippen molar-refractivity contribution in [3.63, 3.8) is 0 Å². The lowest BCUT2D eigenvalue weighted by molar-refractivity contribution is 0.562. The molecule has 0 radical (unpaired) electrons. The predicted octanol–water partition coefficient (Wildman–Crippen LogP) is 4.83. The fourth-order valence-electron chi connectivity index (χ4n) is 1.35. The Kier molecular flexibility index (Phi) is 5.07. The van der Waals surface area contributed by atoms with Crippen LogP contribution in [0.4, 0.5) is 4.39 Å². The molecule has 1 atom stereocenters. The lowest BCUT2D eigenvalue weighted by atomic mass is 10.0. The molecule has 0 saturated carbocycles. The average Bonchev–Trinajstić information content (AvgIpc) is 2.15. The Hall–Kier alpha value is -0.0800. The summed E-state index contributed by atoms with van der Waals surface area (Å²) < 4.78 is 13.4. The Morgan fingerprint density at radius 1 is 1.40 bits per heavy atom. The van der Waals surface area contributed by atoms with Crippen molar-refractivity contribution in [2.75, 3.05) is 0 Å². The topological polar surface area (TPSA) is 0 Å². The molecule has 0 saturated heterocycles. The van der Waals surface area contributed by atoms with Gasteiger partial charge in [-0.15, -0.1) is 0 Å². The van der Waals surface area contributed by atoms with Gasteiger partial charge in [-0.2, -0.15) is 0 Å². The second-order valence-corrected chi connectivity index (χ2v) is 5.65. The van der Waals surface area contributed by atoms with E-state index in [9.17, 15) is 4.39 Å². The molecule has 3 heteroatoms. The second-order valence-electron chi connectivity index (χ2n) is 4.03. The van der Waals surface area contributed by atoms with E-state index in [4.69, 9.17) is 11.6 Å². The summed E-state index contributed by atoms with van der Waals surface area (Å²) in [7, 11) is 0. The van der Waals surface area contributed by atoms with Crippen molar-refractivity contribution >= 4 is 27.5 Å². The van der Waals surface area contributed by atoms with Gasteiger partial charge in [-0.25, -0.2) is 4.39 Å². The average molecular weight is 294 g/mol. The molecule has 0 nitrogen and oxygen atoms in total. The molecular formula is C12H15BrClF. The summed E-state index contributed by atoms with van der Waals surface area (Å²) in [4.78, 5) is 0.438. The maximum absolute atomic E-state index is 13.4.